The maximum atomic E-state index is 13.1. The van der Waals surface area contributed by atoms with Gasteiger partial charge in [-0.15, -0.1) is 0 Å². The van der Waals surface area contributed by atoms with Gasteiger partial charge in [-0.1, -0.05) is 18.2 Å². The monoisotopic (exact) mass is 488 g/mol. The second kappa shape index (κ2) is 10.5. The first-order valence-corrected chi connectivity index (χ1v) is 12.3. The fourth-order valence-corrected chi connectivity index (χ4v) is 5.31. The summed E-state index contributed by atoms with van der Waals surface area (Å²) in [5, 5.41) is 2.58. The Labute approximate surface area is 199 Å². The zero-order chi connectivity index (χ0) is 25.0. The van der Waals surface area contributed by atoms with Crippen molar-refractivity contribution in [2.45, 2.75) is 50.9 Å². The third-order valence-electron chi connectivity index (χ3n) is 5.31. The molecule has 1 heterocycles. The van der Waals surface area contributed by atoms with Gasteiger partial charge in [-0.2, -0.15) is 4.31 Å². The summed E-state index contributed by atoms with van der Waals surface area (Å²) in [6, 6.07) is 12.0. The van der Waals surface area contributed by atoms with E-state index in [9.17, 15) is 22.8 Å². The molecule has 3 unspecified atom stereocenters. The summed E-state index contributed by atoms with van der Waals surface area (Å²) >= 11 is 0. The highest BCUT2D eigenvalue weighted by Crippen LogP contribution is 2.22. The quantitative estimate of drug-likeness (QED) is 0.470. The molecule has 0 spiro atoms. The number of amides is 1. The first-order valence-electron chi connectivity index (χ1n) is 10.9. The van der Waals surface area contributed by atoms with E-state index in [0.29, 0.717) is 11.3 Å². The molecule has 1 fully saturated rings. The average Bonchev–Trinajstić information content (AvgIpc) is 2.78. The summed E-state index contributed by atoms with van der Waals surface area (Å²) in [7, 11) is -3.85. The predicted octanol–water partition coefficient (Wildman–Crippen LogP) is 2.87. The SMILES string of the molecule is CC(=O)c1ccccc1NC(=O)C(C)OC(=O)c1cccc(S(=O)(=O)N2CC(C)OC(C)C2)c1. The van der Waals surface area contributed by atoms with Crippen LogP contribution in [0, 0.1) is 0 Å². The number of benzene rings is 2. The minimum atomic E-state index is -3.85. The van der Waals surface area contributed by atoms with Crippen LogP contribution in [0.2, 0.25) is 0 Å². The molecule has 0 aromatic heterocycles. The van der Waals surface area contributed by atoms with Crippen LogP contribution in [-0.2, 0) is 24.3 Å². The first kappa shape index (κ1) is 25.5. The van der Waals surface area contributed by atoms with E-state index in [4.69, 9.17) is 9.47 Å². The largest absolute Gasteiger partial charge is 0.449 e. The third-order valence-corrected chi connectivity index (χ3v) is 7.14. The van der Waals surface area contributed by atoms with E-state index < -0.39 is 28.0 Å². The Morgan fingerprint density at radius 3 is 2.35 bits per heavy atom. The molecule has 9 nitrogen and oxygen atoms in total. The number of esters is 1. The fourth-order valence-electron chi connectivity index (χ4n) is 3.68. The van der Waals surface area contributed by atoms with Crippen LogP contribution in [0.3, 0.4) is 0 Å². The van der Waals surface area contributed by atoms with Gasteiger partial charge >= 0.3 is 5.97 Å². The normalized spacial score (nSPS) is 19.8. The molecule has 2 aromatic rings. The number of sulfonamides is 1. The molecule has 0 saturated carbocycles. The molecule has 182 valence electrons. The molecule has 0 bridgehead atoms. The smallest absolute Gasteiger partial charge is 0.338 e. The number of ketones is 1. The predicted molar refractivity (Wildman–Crippen MR) is 125 cm³/mol. The molecule has 10 heteroatoms. The van der Waals surface area contributed by atoms with Crippen LogP contribution < -0.4 is 5.32 Å². The number of para-hydroxylation sites is 1. The van der Waals surface area contributed by atoms with Gasteiger partial charge in [0.15, 0.2) is 11.9 Å². The van der Waals surface area contributed by atoms with Crippen molar-refractivity contribution >= 4 is 33.4 Å². The molecule has 0 aliphatic carbocycles. The fraction of sp³-hybridized carbons (Fsp3) is 0.375. The molecule has 1 aliphatic heterocycles. The Morgan fingerprint density at radius 2 is 1.71 bits per heavy atom. The topological polar surface area (TPSA) is 119 Å². The molecular weight excluding hydrogens is 460 g/mol. The summed E-state index contributed by atoms with van der Waals surface area (Å²) < 4.78 is 38.4. The van der Waals surface area contributed by atoms with Crippen molar-refractivity contribution in [3.8, 4) is 0 Å². The lowest BCUT2D eigenvalue weighted by molar-refractivity contribution is -0.123. The molecular formula is C24H28N2O7S. The van der Waals surface area contributed by atoms with Crippen molar-refractivity contribution in [2.75, 3.05) is 18.4 Å². The van der Waals surface area contributed by atoms with E-state index in [2.05, 4.69) is 5.32 Å². The van der Waals surface area contributed by atoms with Crippen LogP contribution in [-0.4, -0.2) is 61.8 Å². The highest BCUT2D eigenvalue weighted by Gasteiger charge is 2.32. The van der Waals surface area contributed by atoms with Gasteiger partial charge in [-0.3, -0.25) is 9.59 Å². The molecule has 1 saturated heterocycles. The van der Waals surface area contributed by atoms with Gasteiger partial charge < -0.3 is 14.8 Å². The van der Waals surface area contributed by atoms with Crippen LogP contribution >= 0.6 is 0 Å². The van der Waals surface area contributed by atoms with Crippen molar-refractivity contribution in [2.24, 2.45) is 0 Å². The van der Waals surface area contributed by atoms with Gasteiger partial charge in [-0.25, -0.2) is 13.2 Å². The molecule has 34 heavy (non-hydrogen) atoms. The summed E-state index contributed by atoms with van der Waals surface area (Å²) in [6.45, 7) is 6.79. The number of rotatable bonds is 7. The number of hydrogen-bond acceptors (Lipinski definition) is 7. The number of carbonyl (C=O) groups is 3. The number of ether oxygens (including phenoxy) is 2. The zero-order valence-corrected chi connectivity index (χ0v) is 20.3. The standard InChI is InChI=1S/C24H28N2O7S/c1-15-13-26(14-16(2)32-15)34(30,31)20-9-7-8-19(12-20)24(29)33-18(4)23(28)25-22-11-6-5-10-21(22)17(3)27/h5-12,15-16,18H,13-14H2,1-4H3,(H,25,28). The van der Waals surface area contributed by atoms with Crippen molar-refractivity contribution in [1.29, 1.82) is 0 Å². The van der Waals surface area contributed by atoms with Gasteiger partial charge in [-0.05, 0) is 58.0 Å². The maximum absolute atomic E-state index is 13.1. The van der Waals surface area contributed by atoms with Crippen LogP contribution in [0.5, 0.6) is 0 Å². The summed E-state index contributed by atoms with van der Waals surface area (Å²) in [5.41, 5.74) is 0.642. The summed E-state index contributed by atoms with van der Waals surface area (Å²) in [4.78, 5) is 36.9. The highest BCUT2D eigenvalue weighted by atomic mass is 32.2. The van der Waals surface area contributed by atoms with Crippen molar-refractivity contribution in [3.05, 3.63) is 59.7 Å². The average molecular weight is 489 g/mol. The Bertz CT molecular complexity index is 1190. The number of nitrogens with zero attached hydrogens (tertiary/aromatic N) is 1. The lowest BCUT2D eigenvalue weighted by Crippen LogP contribution is -2.48. The number of anilines is 1. The van der Waals surface area contributed by atoms with E-state index in [1.165, 1.54) is 42.4 Å². The van der Waals surface area contributed by atoms with Gasteiger partial charge in [0.1, 0.15) is 0 Å². The Morgan fingerprint density at radius 1 is 1.06 bits per heavy atom. The first-order chi connectivity index (χ1) is 16.0. The molecule has 2 aromatic carbocycles. The maximum Gasteiger partial charge on any atom is 0.338 e. The van der Waals surface area contributed by atoms with Crippen LogP contribution in [0.1, 0.15) is 48.4 Å². The number of hydrogen-bond donors (Lipinski definition) is 1. The van der Waals surface area contributed by atoms with Crippen LogP contribution in [0.15, 0.2) is 53.4 Å². The van der Waals surface area contributed by atoms with E-state index in [0.717, 1.165) is 0 Å². The Kier molecular flexibility index (Phi) is 7.86. The number of nitrogens with one attached hydrogen (secondary N) is 1. The minimum Gasteiger partial charge on any atom is -0.449 e. The molecule has 0 radical (unpaired) electrons. The number of carbonyl (C=O) groups excluding carboxylic acids is 3. The van der Waals surface area contributed by atoms with Gasteiger partial charge in [0.05, 0.1) is 28.4 Å². The van der Waals surface area contributed by atoms with Gasteiger partial charge in [0.25, 0.3) is 5.91 Å². The van der Waals surface area contributed by atoms with E-state index >= 15 is 0 Å². The van der Waals surface area contributed by atoms with Gasteiger partial charge in [0.2, 0.25) is 10.0 Å². The van der Waals surface area contributed by atoms with E-state index in [-0.39, 0.29) is 41.5 Å². The summed E-state index contributed by atoms with van der Waals surface area (Å²) in [5.74, 6) is -1.69. The van der Waals surface area contributed by atoms with Crippen LogP contribution in [0.4, 0.5) is 5.69 Å². The Balaban J connectivity index is 1.71. The lowest BCUT2D eigenvalue weighted by Gasteiger charge is -2.34. The molecule has 1 N–H and O–H groups in total. The second-order valence-corrected chi connectivity index (χ2v) is 10.2. The molecule has 3 atom stereocenters. The molecule has 1 aliphatic rings. The summed E-state index contributed by atoms with van der Waals surface area (Å²) in [6.07, 6.45) is -1.69. The third kappa shape index (κ3) is 5.88. The van der Waals surface area contributed by atoms with E-state index in [1.54, 1.807) is 38.1 Å². The van der Waals surface area contributed by atoms with Crippen molar-refractivity contribution in [3.63, 3.8) is 0 Å². The van der Waals surface area contributed by atoms with Crippen molar-refractivity contribution < 1.29 is 32.3 Å². The van der Waals surface area contributed by atoms with Gasteiger partial charge in [0, 0.05) is 18.7 Å². The Hall–Kier alpha value is -3.08. The second-order valence-electron chi connectivity index (χ2n) is 8.25. The zero-order valence-electron chi connectivity index (χ0n) is 19.5. The highest BCUT2D eigenvalue weighted by molar-refractivity contribution is 7.89. The number of Topliss-reactive ketones (excluding diaryl/α,β-unsaturated/α-hetero) is 1. The number of morpholine rings is 1. The minimum absolute atomic E-state index is 0.000725. The van der Waals surface area contributed by atoms with E-state index in [1.807, 2.05) is 0 Å². The van der Waals surface area contributed by atoms with Crippen LogP contribution in [0.25, 0.3) is 0 Å². The molecule has 1 amide bonds. The lowest BCUT2D eigenvalue weighted by atomic mass is 10.1. The van der Waals surface area contributed by atoms with Crippen molar-refractivity contribution in [1.82, 2.24) is 4.31 Å². The molecule has 3 rings (SSSR count).